The van der Waals surface area contributed by atoms with E-state index in [1.165, 1.54) is 0 Å². The van der Waals surface area contributed by atoms with Crippen LogP contribution in [0.1, 0.15) is 18.5 Å². The lowest BCUT2D eigenvalue weighted by atomic mass is 10.2. The first-order valence-corrected chi connectivity index (χ1v) is 9.78. The summed E-state index contributed by atoms with van der Waals surface area (Å²) in [5.41, 5.74) is 1.38. The number of amides is 1. The van der Waals surface area contributed by atoms with Gasteiger partial charge in [0.15, 0.2) is 0 Å². The van der Waals surface area contributed by atoms with Crippen molar-refractivity contribution in [1.82, 2.24) is 24.5 Å². The van der Waals surface area contributed by atoms with Gasteiger partial charge in [-0.25, -0.2) is 4.98 Å². The highest BCUT2D eigenvalue weighted by Crippen LogP contribution is 2.18. The number of rotatable bonds is 5. The van der Waals surface area contributed by atoms with Crippen LogP contribution in [0.15, 0.2) is 33.7 Å². The van der Waals surface area contributed by atoms with Crippen LogP contribution in [0.4, 0.5) is 0 Å². The molecule has 1 N–H and O–H groups in total. The highest BCUT2D eigenvalue weighted by atomic mass is 79.9. The molecule has 1 saturated carbocycles. The van der Waals surface area contributed by atoms with Gasteiger partial charge in [0.2, 0.25) is 5.91 Å². The number of halogens is 1. The first-order chi connectivity index (χ1) is 12.6. The van der Waals surface area contributed by atoms with Crippen molar-refractivity contribution in [3.8, 4) is 0 Å². The summed E-state index contributed by atoms with van der Waals surface area (Å²) >= 11 is 3.37. The Morgan fingerprint density at radius 2 is 1.92 bits per heavy atom. The predicted octanol–water partition coefficient (Wildman–Crippen LogP) is 0.853. The second-order valence-electron chi connectivity index (χ2n) is 7.06. The molecule has 0 unspecified atom stereocenters. The topological polar surface area (TPSA) is 70.0 Å². The molecule has 0 atom stereocenters. The van der Waals surface area contributed by atoms with Crippen LogP contribution in [0, 0.1) is 0 Å². The molecule has 0 bridgehead atoms. The maximum absolute atomic E-state index is 12.3. The smallest absolute Gasteiger partial charge is 0.258 e. The van der Waals surface area contributed by atoms with Crippen LogP contribution in [-0.2, 0) is 11.3 Å². The minimum Gasteiger partial charge on any atom is -0.352 e. The van der Waals surface area contributed by atoms with Crippen molar-refractivity contribution in [3.05, 3.63) is 44.9 Å². The number of hydrogen-bond acceptors (Lipinski definition) is 5. The molecule has 3 heterocycles. The fraction of sp³-hybridized carbons (Fsp3) is 0.500. The minimum absolute atomic E-state index is 0.0679. The van der Waals surface area contributed by atoms with Crippen LogP contribution in [0.25, 0.3) is 5.65 Å². The molecule has 1 aliphatic carbocycles. The van der Waals surface area contributed by atoms with Crippen molar-refractivity contribution in [1.29, 1.82) is 0 Å². The number of nitrogens with zero attached hydrogens (tertiary/aromatic N) is 4. The van der Waals surface area contributed by atoms with Gasteiger partial charge in [0.1, 0.15) is 5.65 Å². The standard InChI is InChI=1S/C18H22BrN5O2/c19-13-1-4-16-20-15(9-18(26)24(16)10-13)11-22-5-7-23(8-6-22)12-17(25)21-14-2-3-14/h1,4,9-10,14H,2-3,5-8,11-12H2,(H,21,25). The Labute approximate surface area is 160 Å². The van der Waals surface area contributed by atoms with E-state index in [0.717, 1.165) is 49.2 Å². The summed E-state index contributed by atoms with van der Waals surface area (Å²) in [6.07, 6.45) is 3.98. The Morgan fingerprint density at radius 1 is 1.19 bits per heavy atom. The summed E-state index contributed by atoms with van der Waals surface area (Å²) in [4.78, 5) is 33.3. The van der Waals surface area contributed by atoms with Gasteiger partial charge in [0.25, 0.3) is 5.56 Å². The number of hydrogen-bond donors (Lipinski definition) is 1. The Bertz CT molecular complexity index is 872. The van der Waals surface area contributed by atoms with Crippen LogP contribution >= 0.6 is 15.9 Å². The molecule has 7 nitrogen and oxygen atoms in total. The monoisotopic (exact) mass is 419 g/mol. The molecule has 0 radical (unpaired) electrons. The fourth-order valence-electron chi connectivity index (χ4n) is 3.25. The molecule has 8 heteroatoms. The van der Waals surface area contributed by atoms with Crippen molar-refractivity contribution < 1.29 is 4.79 Å². The van der Waals surface area contributed by atoms with E-state index in [0.29, 0.717) is 24.8 Å². The number of carbonyl (C=O) groups excluding carboxylic acids is 1. The van der Waals surface area contributed by atoms with Crippen LogP contribution in [0.5, 0.6) is 0 Å². The third-order valence-electron chi connectivity index (χ3n) is 4.84. The SMILES string of the molecule is O=C(CN1CCN(Cc2cc(=O)n3cc(Br)ccc3n2)CC1)NC1CC1. The molecular formula is C18H22BrN5O2. The third kappa shape index (κ3) is 4.31. The zero-order valence-corrected chi connectivity index (χ0v) is 16.1. The van der Waals surface area contributed by atoms with Gasteiger partial charge in [0.05, 0.1) is 12.2 Å². The molecule has 0 spiro atoms. The minimum atomic E-state index is -0.0679. The van der Waals surface area contributed by atoms with E-state index in [4.69, 9.17) is 0 Å². The van der Waals surface area contributed by atoms with Crippen LogP contribution in [-0.4, -0.2) is 63.9 Å². The molecule has 138 valence electrons. The molecule has 1 aliphatic heterocycles. The second-order valence-corrected chi connectivity index (χ2v) is 7.97. The first kappa shape index (κ1) is 17.6. The van der Waals surface area contributed by atoms with Gasteiger partial charge in [0, 0.05) is 55.5 Å². The molecule has 4 rings (SSSR count). The van der Waals surface area contributed by atoms with E-state index in [9.17, 15) is 9.59 Å². The summed E-state index contributed by atoms with van der Waals surface area (Å²) in [5.74, 6) is 0.135. The number of carbonyl (C=O) groups is 1. The summed E-state index contributed by atoms with van der Waals surface area (Å²) in [6, 6.07) is 5.75. The van der Waals surface area contributed by atoms with Gasteiger partial charge in [-0.1, -0.05) is 0 Å². The van der Waals surface area contributed by atoms with Crippen molar-refractivity contribution in [3.63, 3.8) is 0 Å². The van der Waals surface area contributed by atoms with Crippen LogP contribution in [0.3, 0.4) is 0 Å². The Hall–Kier alpha value is -1.77. The molecule has 2 aromatic rings. The largest absolute Gasteiger partial charge is 0.352 e. The summed E-state index contributed by atoms with van der Waals surface area (Å²) in [6.45, 7) is 4.60. The van der Waals surface area contributed by atoms with Gasteiger partial charge in [-0.2, -0.15) is 0 Å². The predicted molar refractivity (Wildman–Crippen MR) is 102 cm³/mol. The third-order valence-corrected chi connectivity index (χ3v) is 5.31. The van der Waals surface area contributed by atoms with Crippen molar-refractivity contribution in [2.24, 2.45) is 0 Å². The molecule has 26 heavy (non-hydrogen) atoms. The van der Waals surface area contributed by atoms with Crippen molar-refractivity contribution in [2.45, 2.75) is 25.4 Å². The van der Waals surface area contributed by atoms with Crippen molar-refractivity contribution >= 4 is 27.5 Å². The van der Waals surface area contributed by atoms with Gasteiger partial charge in [-0.05, 0) is 40.9 Å². The lowest BCUT2D eigenvalue weighted by Gasteiger charge is -2.34. The Morgan fingerprint density at radius 3 is 2.65 bits per heavy atom. The Balaban J connectivity index is 1.34. The number of nitrogens with one attached hydrogen (secondary N) is 1. The average molecular weight is 420 g/mol. The van der Waals surface area contributed by atoms with Gasteiger partial charge < -0.3 is 5.32 Å². The van der Waals surface area contributed by atoms with E-state index in [1.54, 1.807) is 16.7 Å². The number of pyridine rings is 1. The van der Waals surface area contributed by atoms with Gasteiger partial charge >= 0.3 is 0 Å². The normalized spacial score (nSPS) is 19.0. The van der Waals surface area contributed by atoms with Crippen LogP contribution < -0.4 is 10.9 Å². The maximum Gasteiger partial charge on any atom is 0.258 e. The van der Waals surface area contributed by atoms with E-state index in [-0.39, 0.29) is 11.5 Å². The van der Waals surface area contributed by atoms with E-state index >= 15 is 0 Å². The molecule has 1 amide bonds. The van der Waals surface area contributed by atoms with E-state index in [2.05, 4.69) is 36.0 Å². The number of aromatic nitrogens is 2. The molecule has 2 aliphatic rings. The first-order valence-electron chi connectivity index (χ1n) is 8.99. The molecule has 0 aromatic carbocycles. The second kappa shape index (κ2) is 7.46. The summed E-state index contributed by atoms with van der Waals surface area (Å²) in [5, 5.41) is 3.03. The zero-order chi connectivity index (χ0) is 18.1. The molecule has 2 aromatic heterocycles. The quantitative estimate of drug-likeness (QED) is 0.777. The van der Waals surface area contributed by atoms with E-state index in [1.807, 2.05) is 12.1 Å². The lowest BCUT2D eigenvalue weighted by Crippen LogP contribution is -2.49. The average Bonchev–Trinajstić information content (AvgIpc) is 3.41. The van der Waals surface area contributed by atoms with Crippen LogP contribution in [0.2, 0.25) is 0 Å². The molecule has 2 fully saturated rings. The number of fused-ring (bicyclic) bond motifs is 1. The number of piperazine rings is 1. The fourth-order valence-corrected chi connectivity index (χ4v) is 3.58. The van der Waals surface area contributed by atoms with Crippen molar-refractivity contribution in [2.75, 3.05) is 32.7 Å². The Kier molecular flexibility index (Phi) is 5.06. The van der Waals surface area contributed by atoms with Gasteiger partial charge in [-0.15, -0.1) is 0 Å². The summed E-state index contributed by atoms with van der Waals surface area (Å²) in [7, 11) is 0. The summed E-state index contributed by atoms with van der Waals surface area (Å²) < 4.78 is 2.40. The highest BCUT2D eigenvalue weighted by Gasteiger charge is 2.25. The highest BCUT2D eigenvalue weighted by molar-refractivity contribution is 9.10. The molecular weight excluding hydrogens is 398 g/mol. The lowest BCUT2D eigenvalue weighted by molar-refractivity contribution is -0.122. The van der Waals surface area contributed by atoms with E-state index < -0.39 is 0 Å². The van der Waals surface area contributed by atoms with Gasteiger partial charge in [-0.3, -0.25) is 23.8 Å². The molecule has 1 saturated heterocycles. The maximum atomic E-state index is 12.3. The zero-order valence-electron chi connectivity index (χ0n) is 14.5.